The molecule has 0 saturated carbocycles. The van der Waals surface area contributed by atoms with Crippen molar-refractivity contribution in [2.45, 2.75) is 89.6 Å². The van der Waals surface area contributed by atoms with Crippen LogP contribution in [-0.2, 0) is 84.2 Å². The molecule has 2 aromatic heterocycles. The molecule has 0 saturated heterocycles. The Morgan fingerprint density at radius 3 is 2.34 bits per heavy atom. The number of fused-ring (bicyclic) bond motifs is 5. The predicted molar refractivity (Wildman–Crippen MR) is 266 cm³/mol. The lowest BCUT2D eigenvalue weighted by atomic mass is 9.81. The lowest BCUT2D eigenvalue weighted by molar-refractivity contribution is -0.165. The van der Waals surface area contributed by atoms with Crippen LogP contribution in [-0.4, -0.2) is 118 Å². The minimum absolute atomic E-state index is 0.0161. The first kappa shape index (κ1) is 53.7. The number of halogens is 1. The number of aliphatic hydroxyl groups is 1. The van der Waals surface area contributed by atoms with Gasteiger partial charge in [0, 0.05) is 54.1 Å². The summed E-state index contributed by atoms with van der Waals surface area (Å²) in [5.74, 6) is -1.01. The van der Waals surface area contributed by atoms with Gasteiger partial charge in [-0.25, -0.2) is 14.2 Å². The molecule has 8 amide bonds. The second kappa shape index (κ2) is 23.3. The summed E-state index contributed by atoms with van der Waals surface area (Å²) in [5, 5.41) is 27.3. The van der Waals surface area contributed by atoms with E-state index in [1.54, 1.807) is 37.3 Å². The molecule has 7 N–H and O–H groups in total. The highest BCUT2D eigenvalue weighted by atomic mass is 19.1. The molecule has 396 valence electrons. The van der Waals surface area contributed by atoms with Crippen LogP contribution in [0.3, 0.4) is 0 Å². The zero-order valence-electron chi connectivity index (χ0n) is 41.5. The second-order valence-electron chi connectivity index (χ2n) is 18.5. The number of aryl methyl sites for hydroxylation is 1. The molecule has 0 bridgehead atoms. The summed E-state index contributed by atoms with van der Waals surface area (Å²) < 4.78 is 27.5. The first-order valence-electron chi connectivity index (χ1n) is 24.5. The van der Waals surface area contributed by atoms with Gasteiger partial charge in [0.05, 0.1) is 54.7 Å². The molecule has 22 nitrogen and oxygen atoms in total. The fourth-order valence-electron chi connectivity index (χ4n) is 9.66. The topological polar surface area (TPSA) is 303 Å². The highest BCUT2D eigenvalue weighted by Crippen LogP contribution is 2.45. The summed E-state index contributed by atoms with van der Waals surface area (Å²) in [6.45, 7) is 0.567. The Morgan fingerprint density at radius 2 is 1.59 bits per heavy atom. The Bertz CT molecular complexity index is 3220. The molecule has 3 atom stereocenters. The van der Waals surface area contributed by atoms with Gasteiger partial charge in [0.2, 0.25) is 35.4 Å². The predicted octanol–water partition coefficient (Wildman–Crippen LogP) is -0.104. The molecule has 8 rings (SSSR count). The molecule has 0 spiro atoms. The monoisotopic (exact) mass is 1040 g/mol. The van der Waals surface area contributed by atoms with Crippen molar-refractivity contribution in [2.75, 3.05) is 39.5 Å². The molecule has 0 fully saturated rings. The van der Waals surface area contributed by atoms with E-state index >= 15 is 4.39 Å². The van der Waals surface area contributed by atoms with Crippen molar-refractivity contribution >= 4 is 64.1 Å². The van der Waals surface area contributed by atoms with E-state index in [4.69, 9.17) is 14.5 Å². The van der Waals surface area contributed by atoms with Gasteiger partial charge in [-0.3, -0.25) is 48.1 Å². The Labute approximate surface area is 433 Å². The zero-order chi connectivity index (χ0) is 54.3. The number of cyclic esters (lactones) is 1. The third kappa shape index (κ3) is 11.7. The van der Waals surface area contributed by atoms with Crippen LogP contribution in [0, 0.1) is 24.6 Å². The maximum absolute atomic E-state index is 15.4. The Morgan fingerprint density at radius 1 is 0.882 bits per heavy atom. The standard InChI is InChI=1S/C53H54FN9O13/c1-3-17-53(74)34-20-39-49-32(25-63(39)51(72)33(34)26-76-52(53)73)48-36(14-13-31-29(2)35(54)21-37(61-49)47(31)48)59-44(68)27-75-28-58-42(66)23-57-50(71)38(19-30-10-6-4-7-11-30)60-43(67)24-56-41(65)22-55-40(64)12-8-5-9-18-62-45(69)15-16-46(62)70/h4,6-7,10-11,15-16,20-21,36,38,74H,5,8-9,12-14,18-19,22-28H2,1-2H3,(H,55,64)(H,56,65)(H,57,71)(H,58,66)(H,59,68)(H,60,67)/t36-,38-,53-/m0/s1. The van der Waals surface area contributed by atoms with E-state index in [1.807, 2.05) is 0 Å². The normalized spacial score (nSPS) is 17.1. The molecule has 23 heteroatoms. The van der Waals surface area contributed by atoms with E-state index in [2.05, 4.69) is 43.7 Å². The number of nitrogens with one attached hydrogen (secondary N) is 6. The van der Waals surface area contributed by atoms with Crippen molar-refractivity contribution in [2.24, 2.45) is 0 Å². The third-order valence-corrected chi connectivity index (χ3v) is 13.4. The molecule has 0 radical (unpaired) electrons. The number of esters is 1. The largest absolute Gasteiger partial charge is 0.457 e. The lowest BCUT2D eigenvalue weighted by Gasteiger charge is -2.29. The quantitative estimate of drug-likeness (QED) is 0.0166. The van der Waals surface area contributed by atoms with E-state index in [9.17, 15) is 53.1 Å². The molecular weight excluding hydrogens is 990 g/mol. The van der Waals surface area contributed by atoms with Gasteiger partial charge in [0.25, 0.3) is 23.0 Å². The number of pyridine rings is 2. The SMILES string of the molecule is CC#C[C@@]1(O)C(=O)OCc2c1cc1n(c2=O)Cc2c-1nc1cc(F)c(C)c3c1c2[C@@H](NC(=O)COCNC(=O)CNC(=O)[C@H](Cc1ccccc1)NC(=O)CNC(=O)CNC(=O)CCCCCN1C(=O)C=CC1=O)CC3. The number of unbranched alkanes of at least 4 members (excludes halogenated alkanes) is 2. The van der Waals surface area contributed by atoms with Crippen LogP contribution in [0.5, 0.6) is 0 Å². The smallest absolute Gasteiger partial charge is 0.356 e. The third-order valence-electron chi connectivity index (χ3n) is 13.4. The van der Waals surface area contributed by atoms with Crippen LogP contribution in [0.1, 0.15) is 84.0 Å². The summed E-state index contributed by atoms with van der Waals surface area (Å²) in [4.78, 5) is 133. The molecule has 3 aliphatic heterocycles. The van der Waals surface area contributed by atoms with E-state index in [0.717, 1.165) is 4.90 Å². The van der Waals surface area contributed by atoms with E-state index in [1.165, 1.54) is 35.8 Å². The molecule has 1 aliphatic carbocycles. The maximum Gasteiger partial charge on any atom is 0.356 e. The Balaban J connectivity index is 0.811. The van der Waals surface area contributed by atoms with Gasteiger partial charge in [-0.15, -0.1) is 5.92 Å². The number of benzene rings is 2. The fourth-order valence-corrected chi connectivity index (χ4v) is 9.66. The van der Waals surface area contributed by atoms with Gasteiger partial charge in [-0.1, -0.05) is 42.7 Å². The number of rotatable bonds is 21. The van der Waals surface area contributed by atoms with Crippen LogP contribution in [0.15, 0.2) is 59.4 Å². The highest BCUT2D eigenvalue weighted by Gasteiger charge is 2.46. The zero-order valence-corrected chi connectivity index (χ0v) is 41.5. The van der Waals surface area contributed by atoms with Gasteiger partial charge in [0.1, 0.15) is 31.8 Å². The number of amides is 8. The average molecular weight is 1040 g/mol. The summed E-state index contributed by atoms with van der Waals surface area (Å²) in [5.41, 5.74) is 0.955. The number of aromatic nitrogens is 2. The summed E-state index contributed by atoms with van der Waals surface area (Å²) in [7, 11) is 0. The first-order valence-corrected chi connectivity index (χ1v) is 24.5. The van der Waals surface area contributed by atoms with Gasteiger partial charge >= 0.3 is 5.97 Å². The number of carbonyl (C=O) groups excluding carboxylic acids is 9. The van der Waals surface area contributed by atoms with Gasteiger partial charge < -0.3 is 51.0 Å². The minimum Gasteiger partial charge on any atom is -0.457 e. The van der Waals surface area contributed by atoms with Crippen molar-refractivity contribution in [1.82, 2.24) is 46.4 Å². The number of ether oxygens (including phenoxy) is 2. The van der Waals surface area contributed by atoms with Crippen LogP contribution in [0.2, 0.25) is 0 Å². The highest BCUT2D eigenvalue weighted by molar-refractivity contribution is 6.12. The number of hydrogen-bond acceptors (Lipinski definition) is 14. The van der Waals surface area contributed by atoms with Gasteiger partial charge in [-0.05, 0) is 67.9 Å². The molecule has 76 heavy (non-hydrogen) atoms. The molecular formula is C53H54FN9O13. The number of imide groups is 1. The van der Waals surface area contributed by atoms with Gasteiger partial charge in [0.15, 0.2) is 0 Å². The Kier molecular flexibility index (Phi) is 16.4. The number of nitrogens with zero attached hydrogens (tertiary/aromatic N) is 3. The van der Waals surface area contributed by atoms with E-state index in [0.29, 0.717) is 71.0 Å². The lowest BCUT2D eigenvalue weighted by Crippen LogP contribution is -2.52. The molecule has 4 aliphatic rings. The van der Waals surface area contributed by atoms with E-state index < -0.39 is 103 Å². The second-order valence-corrected chi connectivity index (χ2v) is 18.5. The van der Waals surface area contributed by atoms with Crippen molar-refractivity contribution in [1.29, 1.82) is 0 Å². The summed E-state index contributed by atoms with van der Waals surface area (Å²) in [6.07, 6.45) is 4.82. The first-order chi connectivity index (χ1) is 36.5. The number of carbonyl (C=O) groups is 9. The number of hydrogen-bond donors (Lipinski definition) is 7. The summed E-state index contributed by atoms with van der Waals surface area (Å²) >= 11 is 0. The molecule has 5 heterocycles. The van der Waals surface area contributed by atoms with Crippen molar-refractivity contribution in [3.63, 3.8) is 0 Å². The Hall–Kier alpha value is -8.62. The maximum atomic E-state index is 15.4. The van der Waals surface area contributed by atoms with Crippen molar-refractivity contribution < 1.29 is 62.1 Å². The molecule has 4 aromatic rings. The van der Waals surface area contributed by atoms with Crippen LogP contribution < -0.4 is 37.5 Å². The van der Waals surface area contributed by atoms with Gasteiger partial charge in [-0.2, -0.15) is 0 Å². The molecule has 2 aromatic carbocycles. The fraction of sp³-hybridized carbons (Fsp3) is 0.377. The van der Waals surface area contributed by atoms with Crippen LogP contribution in [0.25, 0.3) is 22.3 Å². The molecule has 0 unspecified atom stereocenters. The van der Waals surface area contributed by atoms with Crippen LogP contribution in [0.4, 0.5) is 4.39 Å². The summed E-state index contributed by atoms with van der Waals surface area (Å²) in [6, 6.07) is 9.68. The van der Waals surface area contributed by atoms with E-state index in [-0.39, 0.29) is 66.7 Å². The minimum atomic E-state index is -2.41. The van der Waals surface area contributed by atoms with Crippen molar-refractivity contribution in [3.8, 4) is 23.2 Å². The van der Waals surface area contributed by atoms with Crippen molar-refractivity contribution in [3.05, 3.63) is 110 Å². The van der Waals surface area contributed by atoms with Crippen LogP contribution >= 0.6 is 0 Å². The average Bonchev–Trinajstić information content (AvgIpc) is 4.00.